The van der Waals surface area contributed by atoms with Crippen LogP contribution in [-0.4, -0.2) is 15.5 Å². The molecule has 1 aromatic rings. The molecule has 0 radical (unpaired) electrons. The van der Waals surface area contributed by atoms with E-state index >= 15 is 0 Å². The largest absolute Gasteiger partial charge is 0.325 e. The molecule has 0 aliphatic heterocycles. The summed E-state index contributed by atoms with van der Waals surface area (Å²) in [6.45, 7) is 2.09. The van der Waals surface area contributed by atoms with Gasteiger partial charge in [-0.15, -0.1) is 0 Å². The zero-order chi connectivity index (χ0) is 9.35. The third-order valence-corrected chi connectivity index (χ3v) is 1.83. The van der Waals surface area contributed by atoms with Crippen molar-refractivity contribution in [1.29, 1.82) is 0 Å². The standard InChI is InChI=1S/C7H10F2N2O/c1-5(7(2,8)9)11-4-3-10-6(11)12/h3-5H,1-2H3,(H,10,12). The molecule has 1 aromatic heterocycles. The molecular weight excluding hydrogens is 166 g/mol. The molecule has 5 heteroatoms. The van der Waals surface area contributed by atoms with Gasteiger partial charge in [0, 0.05) is 19.3 Å². The maximum Gasteiger partial charge on any atom is 0.325 e. The number of nitrogens with one attached hydrogen (secondary N) is 1. The number of rotatable bonds is 2. The smallest absolute Gasteiger partial charge is 0.313 e. The number of imidazole rings is 1. The van der Waals surface area contributed by atoms with Crippen molar-refractivity contribution in [1.82, 2.24) is 9.55 Å². The van der Waals surface area contributed by atoms with Gasteiger partial charge in [0.15, 0.2) is 0 Å². The fourth-order valence-corrected chi connectivity index (χ4v) is 0.880. The molecule has 1 heterocycles. The first-order valence-electron chi connectivity index (χ1n) is 3.56. The number of aromatic amines is 1. The van der Waals surface area contributed by atoms with Crippen molar-refractivity contribution >= 4 is 0 Å². The summed E-state index contributed by atoms with van der Waals surface area (Å²) in [5.41, 5.74) is -0.510. The molecular formula is C7H10F2N2O. The Morgan fingerprint density at radius 3 is 2.58 bits per heavy atom. The Hall–Kier alpha value is -1.13. The van der Waals surface area contributed by atoms with Crippen LogP contribution in [-0.2, 0) is 0 Å². The van der Waals surface area contributed by atoms with Crippen molar-refractivity contribution in [3.63, 3.8) is 0 Å². The van der Waals surface area contributed by atoms with Gasteiger partial charge < -0.3 is 4.98 Å². The van der Waals surface area contributed by atoms with E-state index in [-0.39, 0.29) is 0 Å². The Morgan fingerprint density at radius 1 is 1.67 bits per heavy atom. The van der Waals surface area contributed by atoms with Gasteiger partial charge in [-0.05, 0) is 6.92 Å². The van der Waals surface area contributed by atoms with E-state index in [1.54, 1.807) is 0 Å². The number of halogens is 2. The minimum atomic E-state index is -2.88. The van der Waals surface area contributed by atoms with E-state index in [0.717, 1.165) is 11.5 Å². The first-order valence-corrected chi connectivity index (χ1v) is 3.56. The fraction of sp³-hybridized carbons (Fsp3) is 0.571. The second-order valence-corrected chi connectivity index (χ2v) is 2.80. The maximum atomic E-state index is 12.7. The van der Waals surface area contributed by atoms with Gasteiger partial charge >= 0.3 is 5.69 Å². The van der Waals surface area contributed by atoms with Crippen LogP contribution in [0.4, 0.5) is 8.78 Å². The summed E-state index contributed by atoms with van der Waals surface area (Å²) in [6, 6.07) is -1.11. The van der Waals surface area contributed by atoms with Crippen LogP contribution < -0.4 is 5.69 Å². The molecule has 0 aromatic carbocycles. The van der Waals surface area contributed by atoms with Gasteiger partial charge in [0.25, 0.3) is 5.92 Å². The van der Waals surface area contributed by atoms with Crippen LogP contribution in [0.2, 0.25) is 0 Å². The molecule has 0 bridgehead atoms. The average Bonchev–Trinajstić information content (AvgIpc) is 2.31. The lowest BCUT2D eigenvalue weighted by Crippen LogP contribution is -2.31. The molecule has 1 atom stereocenters. The van der Waals surface area contributed by atoms with Crippen molar-refractivity contribution in [3.05, 3.63) is 22.9 Å². The molecule has 1 unspecified atom stereocenters. The van der Waals surface area contributed by atoms with Gasteiger partial charge in [0.1, 0.15) is 0 Å². The molecule has 0 saturated heterocycles. The summed E-state index contributed by atoms with van der Waals surface area (Å²) in [4.78, 5) is 13.2. The molecule has 1 rings (SSSR count). The van der Waals surface area contributed by atoms with Crippen molar-refractivity contribution < 1.29 is 8.78 Å². The predicted octanol–water partition coefficient (Wildman–Crippen LogP) is 1.39. The highest BCUT2D eigenvalue weighted by Crippen LogP contribution is 2.26. The third kappa shape index (κ3) is 1.54. The van der Waals surface area contributed by atoms with Crippen molar-refractivity contribution in [2.75, 3.05) is 0 Å². The lowest BCUT2D eigenvalue weighted by atomic mass is 10.2. The number of alkyl halides is 2. The quantitative estimate of drug-likeness (QED) is 0.726. The molecule has 3 nitrogen and oxygen atoms in total. The lowest BCUT2D eigenvalue weighted by Gasteiger charge is -2.19. The number of nitrogens with zero attached hydrogens (tertiary/aromatic N) is 1. The van der Waals surface area contributed by atoms with Crippen LogP contribution >= 0.6 is 0 Å². The Kier molecular flexibility index (Phi) is 2.04. The van der Waals surface area contributed by atoms with Crippen LogP contribution in [0.1, 0.15) is 19.9 Å². The van der Waals surface area contributed by atoms with Crippen LogP contribution in [0.15, 0.2) is 17.2 Å². The summed E-state index contributed by atoms with van der Waals surface area (Å²) >= 11 is 0. The number of hydrogen-bond acceptors (Lipinski definition) is 1. The fourth-order valence-electron chi connectivity index (χ4n) is 0.880. The highest BCUT2D eigenvalue weighted by Gasteiger charge is 2.32. The lowest BCUT2D eigenvalue weighted by molar-refractivity contribution is -0.0269. The number of H-pyrrole nitrogens is 1. The van der Waals surface area contributed by atoms with Crippen molar-refractivity contribution in [2.24, 2.45) is 0 Å². The summed E-state index contributed by atoms with van der Waals surface area (Å²) in [5, 5.41) is 0. The second-order valence-electron chi connectivity index (χ2n) is 2.80. The normalized spacial score (nSPS) is 14.7. The summed E-state index contributed by atoms with van der Waals surface area (Å²) in [6.07, 6.45) is 2.65. The second kappa shape index (κ2) is 2.73. The molecule has 0 amide bonds. The molecule has 68 valence electrons. The summed E-state index contributed by atoms with van der Waals surface area (Å²) < 4.78 is 26.3. The van der Waals surface area contributed by atoms with E-state index in [9.17, 15) is 13.6 Å². The van der Waals surface area contributed by atoms with Gasteiger partial charge in [-0.3, -0.25) is 4.57 Å². The van der Waals surface area contributed by atoms with Crippen molar-refractivity contribution in [3.8, 4) is 0 Å². The first-order chi connectivity index (χ1) is 5.43. The Morgan fingerprint density at radius 2 is 2.25 bits per heavy atom. The highest BCUT2D eigenvalue weighted by molar-refractivity contribution is 4.84. The van der Waals surface area contributed by atoms with Crippen LogP contribution in [0.5, 0.6) is 0 Å². The van der Waals surface area contributed by atoms with E-state index in [0.29, 0.717) is 0 Å². The van der Waals surface area contributed by atoms with E-state index in [4.69, 9.17) is 0 Å². The SMILES string of the molecule is CC(n1cc[nH]c1=O)C(C)(F)F. The number of hydrogen-bond donors (Lipinski definition) is 1. The molecule has 1 N–H and O–H groups in total. The predicted molar refractivity (Wildman–Crippen MR) is 40.4 cm³/mol. The van der Waals surface area contributed by atoms with Crippen LogP contribution in [0.3, 0.4) is 0 Å². The van der Waals surface area contributed by atoms with Gasteiger partial charge in [-0.25, -0.2) is 13.6 Å². The molecule has 0 aliphatic carbocycles. The average molecular weight is 176 g/mol. The monoisotopic (exact) mass is 176 g/mol. The van der Waals surface area contributed by atoms with E-state index in [1.807, 2.05) is 0 Å². The van der Waals surface area contributed by atoms with E-state index < -0.39 is 17.7 Å². The van der Waals surface area contributed by atoms with Crippen molar-refractivity contribution in [2.45, 2.75) is 25.8 Å². The topological polar surface area (TPSA) is 37.8 Å². The Bertz CT molecular complexity index is 310. The third-order valence-electron chi connectivity index (χ3n) is 1.83. The van der Waals surface area contributed by atoms with Gasteiger partial charge in [0.05, 0.1) is 6.04 Å². The minimum Gasteiger partial charge on any atom is -0.313 e. The maximum absolute atomic E-state index is 12.7. The van der Waals surface area contributed by atoms with E-state index in [2.05, 4.69) is 4.98 Å². The highest BCUT2D eigenvalue weighted by atomic mass is 19.3. The molecule has 0 saturated carbocycles. The molecule has 0 fully saturated rings. The van der Waals surface area contributed by atoms with Crippen LogP contribution in [0.25, 0.3) is 0 Å². The Balaban J connectivity index is 3.01. The van der Waals surface area contributed by atoms with E-state index in [1.165, 1.54) is 19.3 Å². The zero-order valence-electron chi connectivity index (χ0n) is 6.84. The first kappa shape index (κ1) is 8.96. The summed E-state index contributed by atoms with van der Waals surface area (Å²) in [7, 11) is 0. The van der Waals surface area contributed by atoms with Gasteiger partial charge in [-0.2, -0.15) is 0 Å². The van der Waals surface area contributed by atoms with Gasteiger partial charge in [0.2, 0.25) is 0 Å². The minimum absolute atomic E-state index is 0.510. The summed E-state index contributed by atoms with van der Waals surface area (Å²) in [5.74, 6) is -2.88. The number of aromatic nitrogens is 2. The molecule has 0 aliphatic rings. The zero-order valence-corrected chi connectivity index (χ0v) is 6.84. The van der Waals surface area contributed by atoms with Crippen LogP contribution in [0, 0.1) is 0 Å². The molecule has 12 heavy (non-hydrogen) atoms. The molecule has 0 spiro atoms. The Labute approximate surface area is 68.0 Å². The van der Waals surface area contributed by atoms with Gasteiger partial charge in [-0.1, -0.05) is 0 Å².